The number of amides is 1. The van der Waals surface area contributed by atoms with Gasteiger partial charge in [-0.05, 0) is 0 Å². The Balaban J connectivity index is 3.00. The number of carbonyl (C=O) groups is 1. The van der Waals surface area contributed by atoms with E-state index < -0.39 is 0 Å². The molecule has 68 valence electrons. The van der Waals surface area contributed by atoms with Gasteiger partial charge in [0.2, 0.25) is 0 Å². The number of nitrogens with two attached hydrogens (primary N) is 1. The van der Waals surface area contributed by atoms with Gasteiger partial charge in [0.05, 0.1) is 0 Å². The molecule has 0 aromatic carbocycles. The Morgan fingerprint density at radius 3 is 2.92 bits per heavy atom. The molecule has 5 heteroatoms. The molecule has 2 nitrogen and oxygen atoms in total. The van der Waals surface area contributed by atoms with Crippen LogP contribution in [0.3, 0.4) is 0 Å². The molecule has 1 heterocycles. The summed E-state index contributed by atoms with van der Waals surface area (Å²) >= 11 is 2.46. The van der Waals surface area contributed by atoms with Crippen molar-refractivity contribution >= 4 is 40.4 Å². The average molecular weight is 408 g/mol. The zero-order chi connectivity index (χ0) is 9.14. The maximum absolute atomic E-state index is 10.8. The normalized spacial score (nSPS) is 22.7. The molecular weight excluding hydrogens is 400 g/mol. The average Bonchev–Trinajstić information content (AvgIpc) is 2.05. The van der Waals surface area contributed by atoms with E-state index >= 15 is 0 Å². The fourth-order valence-electron chi connectivity index (χ4n) is 0.724. The van der Waals surface area contributed by atoms with Gasteiger partial charge in [-0.3, -0.25) is 0 Å². The number of primary amides is 1. The van der Waals surface area contributed by atoms with Crippen LogP contribution in [0.2, 0.25) is 0 Å². The summed E-state index contributed by atoms with van der Waals surface area (Å²) in [5.74, 6) is -0.325. The Kier molecular flexibility index (Phi) is 4.24. The Labute approximate surface area is 94.0 Å². The number of hydrogen-bond donors (Lipinski definition) is 1. The molecule has 0 aromatic heterocycles. The summed E-state index contributed by atoms with van der Waals surface area (Å²) in [5, 5.41) is 2.06. The van der Waals surface area contributed by atoms with Gasteiger partial charge in [-0.1, -0.05) is 0 Å². The first kappa shape index (κ1) is 10.7. The topological polar surface area (TPSA) is 43.1 Å². The molecule has 1 amide bonds. The van der Waals surface area contributed by atoms with Crippen molar-refractivity contribution in [3.05, 3.63) is 20.6 Å². The van der Waals surface area contributed by atoms with Gasteiger partial charge in [0.1, 0.15) is 0 Å². The van der Waals surface area contributed by atoms with Crippen LogP contribution >= 0.6 is 29.1 Å². The van der Waals surface area contributed by atoms with Crippen LogP contribution in [0.4, 0.5) is 0 Å². The van der Waals surface area contributed by atoms with Crippen molar-refractivity contribution in [2.75, 3.05) is 6.26 Å². The first-order chi connectivity index (χ1) is 5.65. The third-order valence-corrected chi connectivity index (χ3v) is 10.8. The zero-order valence-electron chi connectivity index (χ0n) is 6.38. The molecule has 1 aliphatic rings. The Morgan fingerprint density at radius 2 is 2.42 bits per heavy atom. The Bertz CT molecular complexity index is 307. The first-order valence-electron chi connectivity index (χ1n) is 3.12. The van der Waals surface area contributed by atoms with Gasteiger partial charge in [-0.2, -0.15) is 0 Å². The fraction of sp³-hybridized carbons (Fsp3) is 0.143. The summed E-state index contributed by atoms with van der Waals surface area (Å²) in [5.41, 5.74) is 5.82. The van der Waals surface area contributed by atoms with Crippen molar-refractivity contribution in [2.45, 2.75) is 0 Å². The SMILES string of the molecule is CS1=CC=C(C(N)=O)C=C1[I-]I. The second kappa shape index (κ2) is 4.75. The van der Waals surface area contributed by atoms with Crippen molar-refractivity contribution in [3.8, 4) is 0 Å². The number of allylic oxidation sites excluding steroid dienone is 1. The van der Waals surface area contributed by atoms with Crippen molar-refractivity contribution in [2.24, 2.45) is 5.73 Å². The van der Waals surface area contributed by atoms with Crippen molar-refractivity contribution in [1.29, 1.82) is 0 Å². The van der Waals surface area contributed by atoms with E-state index in [1.54, 1.807) is 0 Å². The number of hydrogen-bond acceptors (Lipinski definition) is 1. The van der Waals surface area contributed by atoms with Gasteiger partial charge >= 0.3 is 95.0 Å². The monoisotopic (exact) mass is 408 g/mol. The summed E-state index contributed by atoms with van der Waals surface area (Å²) in [4.78, 5) is 10.8. The van der Waals surface area contributed by atoms with E-state index in [1.807, 2.05) is 12.2 Å². The summed E-state index contributed by atoms with van der Waals surface area (Å²) in [6.45, 7) is 0. The van der Waals surface area contributed by atoms with Crippen molar-refractivity contribution in [3.63, 3.8) is 0 Å². The minimum atomic E-state index is -0.325. The third-order valence-electron chi connectivity index (χ3n) is 1.38. The van der Waals surface area contributed by atoms with Crippen LogP contribution in [-0.4, -0.2) is 17.5 Å². The van der Waals surface area contributed by atoms with E-state index in [4.69, 9.17) is 5.73 Å². The number of halogens is 2. The molecule has 0 fully saturated rings. The van der Waals surface area contributed by atoms with E-state index in [2.05, 4.69) is 30.2 Å². The van der Waals surface area contributed by atoms with Crippen LogP contribution in [0.25, 0.3) is 0 Å². The summed E-state index contributed by atoms with van der Waals surface area (Å²) in [6.07, 6.45) is 5.94. The fourth-order valence-corrected chi connectivity index (χ4v) is 9.36. The van der Waals surface area contributed by atoms with Gasteiger partial charge in [0, 0.05) is 0 Å². The standard InChI is InChI=1S/C7H8I2NOS/c1-12-3-2-5(7(10)11)4-6(12)9-8/h2-4H,1H3,(H2,10,11)/q-1. The van der Waals surface area contributed by atoms with Gasteiger partial charge in [0.25, 0.3) is 0 Å². The minimum absolute atomic E-state index is 0.0569. The summed E-state index contributed by atoms with van der Waals surface area (Å²) in [6, 6.07) is 0. The molecular formula is C7H8I2NOS-. The van der Waals surface area contributed by atoms with E-state index in [-0.39, 0.29) is 33.6 Å². The molecule has 1 rings (SSSR count). The predicted molar refractivity (Wildman–Crippen MR) is 59.0 cm³/mol. The molecule has 0 saturated carbocycles. The van der Waals surface area contributed by atoms with Crippen LogP contribution in [0.5, 0.6) is 0 Å². The van der Waals surface area contributed by atoms with E-state index in [0.29, 0.717) is 5.57 Å². The van der Waals surface area contributed by atoms with Crippen LogP contribution in [-0.2, 0) is 4.79 Å². The van der Waals surface area contributed by atoms with Gasteiger partial charge in [-0.25, -0.2) is 0 Å². The second-order valence-corrected chi connectivity index (χ2v) is 9.06. The van der Waals surface area contributed by atoms with Crippen LogP contribution < -0.4 is 23.0 Å². The Hall–Kier alpha value is 0.630. The van der Waals surface area contributed by atoms with E-state index in [9.17, 15) is 4.79 Å². The molecule has 0 saturated heterocycles. The molecule has 1 atom stereocenters. The summed E-state index contributed by atoms with van der Waals surface area (Å²) in [7, 11) is 0.228. The molecule has 2 N–H and O–H groups in total. The molecule has 12 heavy (non-hydrogen) atoms. The van der Waals surface area contributed by atoms with Crippen LogP contribution in [0, 0.1) is 0 Å². The predicted octanol–water partition coefficient (Wildman–Crippen LogP) is -1.61. The third kappa shape index (κ3) is 2.56. The molecule has 1 unspecified atom stereocenters. The van der Waals surface area contributed by atoms with Gasteiger partial charge < -0.3 is 0 Å². The Morgan fingerprint density at radius 1 is 1.75 bits per heavy atom. The maximum atomic E-state index is 10.8. The van der Waals surface area contributed by atoms with Crippen LogP contribution in [0.15, 0.2) is 20.6 Å². The van der Waals surface area contributed by atoms with Gasteiger partial charge in [0.15, 0.2) is 0 Å². The van der Waals surface area contributed by atoms with Crippen molar-refractivity contribution in [1.82, 2.24) is 0 Å². The molecule has 0 aromatic rings. The molecule has 0 spiro atoms. The number of carbonyl (C=O) groups excluding carboxylic acids is 1. The van der Waals surface area contributed by atoms with Gasteiger partial charge in [-0.15, -0.1) is 0 Å². The molecule has 0 radical (unpaired) electrons. The zero-order valence-corrected chi connectivity index (χ0v) is 11.5. The summed E-state index contributed by atoms with van der Waals surface area (Å²) < 4.78 is 1.39. The molecule has 0 bridgehead atoms. The van der Waals surface area contributed by atoms with E-state index in [1.165, 1.54) is 2.91 Å². The second-order valence-electron chi connectivity index (χ2n) is 2.20. The first-order valence-corrected chi connectivity index (χ1v) is 12.2. The molecule has 1 aliphatic heterocycles. The van der Waals surface area contributed by atoms with E-state index in [0.717, 1.165) is 0 Å². The van der Waals surface area contributed by atoms with Crippen molar-refractivity contribution < 1.29 is 22.0 Å². The molecule has 0 aliphatic carbocycles. The van der Waals surface area contributed by atoms with Crippen LogP contribution in [0.1, 0.15) is 0 Å². The number of rotatable bonds is 2. The quantitative estimate of drug-likeness (QED) is 0.434.